The minimum atomic E-state index is -0.737. The Hall–Kier alpha value is -2.47. The van der Waals surface area contributed by atoms with Crippen LogP contribution in [0.3, 0.4) is 0 Å². The molecule has 0 aliphatic carbocycles. The molecule has 2 aromatic rings. The van der Waals surface area contributed by atoms with Gasteiger partial charge in [-0.3, -0.25) is 0 Å². The van der Waals surface area contributed by atoms with E-state index in [4.69, 9.17) is 32.5 Å². The lowest BCUT2D eigenvalue weighted by atomic mass is 10.0. The molecule has 0 fully saturated rings. The van der Waals surface area contributed by atoms with Crippen LogP contribution in [-0.4, -0.2) is 11.6 Å². The lowest BCUT2D eigenvalue weighted by Gasteiger charge is -2.21. The predicted molar refractivity (Wildman–Crippen MR) is 96.7 cm³/mol. The first kappa shape index (κ1) is 18.9. The summed E-state index contributed by atoms with van der Waals surface area (Å²) in [6.07, 6.45) is 0. The molecular formula is C18H20ClFN2O3. The molecule has 7 heteroatoms. The van der Waals surface area contributed by atoms with Gasteiger partial charge in [-0.15, -0.1) is 0 Å². The van der Waals surface area contributed by atoms with Crippen LogP contribution >= 0.6 is 11.6 Å². The van der Waals surface area contributed by atoms with Crippen LogP contribution < -0.4 is 16.2 Å². The molecule has 25 heavy (non-hydrogen) atoms. The van der Waals surface area contributed by atoms with Crippen molar-refractivity contribution in [3.8, 4) is 11.5 Å². The van der Waals surface area contributed by atoms with Gasteiger partial charge in [-0.25, -0.2) is 9.18 Å². The summed E-state index contributed by atoms with van der Waals surface area (Å²) in [7, 11) is 0. The number of nitrogen functional groups attached to an aromatic ring is 2. The van der Waals surface area contributed by atoms with Gasteiger partial charge in [0.15, 0.2) is 11.6 Å². The zero-order valence-corrected chi connectivity index (χ0v) is 15.2. The lowest BCUT2D eigenvalue weighted by molar-refractivity contribution is 0.00697. The van der Waals surface area contributed by atoms with Crippen molar-refractivity contribution in [2.45, 2.75) is 33.3 Å². The minimum absolute atomic E-state index is 0.136. The molecular weight excluding hydrogens is 347 g/mol. The second-order valence-electron chi connectivity index (χ2n) is 6.56. The SMILES string of the molecule is Cc1c(Oc2cc(Cl)cc(N)c2F)ccc(N)c1C(=O)OC(C)(C)C. The maximum atomic E-state index is 14.1. The summed E-state index contributed by atoms with van der Waals surface area (Å²) in [5.41, 5.74) is 11.5. The molecule has 0 radical (unpaired) electrons. The summed E-state index contributed by atoms with van der Waals surface area (Å²) in [4.78, 5) is 12.4. The Kier molecular flexibility index (Phi) is 5.13. The Labute approximate surface area is 150 Å². The highest BCUT2D eigenvalue weighted by molar-refractivity contribution is 6.31. The number of halogens is 2. The van der Waals surface area contributed by atoms with Crippen molar-refractivity contribution in [2.24, 2.45) is 0 Å². The summed E-state index contributed by atoms with van der Waals surface area (Å²) in [5.74, 6) is -1.22. The van der Waals surface area contributed by atoms with Crippen LogP contribution in [0.5, 0.6) is 11.5 Å². The second kappa shape index (κ2) is 6.80. The summed E-state index contributed by atoms with van der Waals surface area (Å²) >= 11 is 5.89. The largest absolute Gasteiger partial charge is 0.456 e. The third-order valence-corrected chi connectivity index (χ3v) is 3.52. The van der Waals surface area contributed by atoms with Crippen LogP contribution in [-0.2, 0) is 4.74 Å². The molecule has 0 aromatic heterocycles. The van der Waals surface area contributed by atoms with Crippen LogP contribution in [0.15, 0.2) is 24.3 Å². The Morgan fingerprint density at radius 2 is 1.76 bits per heavy atom. The zero-order valence-electron chi connectivity index (χ0n) is 14.4. The van der Waals surface area contributed by atoms with E-state index in [-0.39, 0.29) is 33.5 Å². The molecule has 0 saturated carbocycles. The summed E-state index contributed by atoms with van der Waals surface area (Å²) in [5, 5.41) is 0.231. The fourth-order valence-electron chi connectivity index (χ4n) is 2.20. The normalized spacial score (nSPS) is 11.3. The van der Waals surface area contributed by atoms with Crippen LogP contribution in [0, 0.1) is 12.7 Å². The van der Waals surface area contributed by atoms with Crippen LogP contribution in [0.25, 0.3) is 0 Å². The van der Waals surface area contributed by atoms with E-state index >= 15 is 0 Å². The van der Waals surface area contributed by atoms with E-state index in [2.05, 4.69) is 0 Å². The van der Waals surface area contributed by atoms with Gasteiger partial charge in [0.1, 0.15) is 11.4 Å². The van der Waals surface area contributed by atoms with Crippen LogP contribution in [0.2, 0.25) is 5.02 Å². The number of hydrogen-bond acceptors (Lipinski definition) is 5. The topological polar surface area (TPSA) is 87.6 Å². The molecule has 0 amide bonds. The van der Waals surface area contributed by atoms with Crippen LogP contribution in [0.1, 0.15) is 36.7 Å². The van der Waals surface area contributed by atoms with Crippen molar-refractivity contribution < 1.29 is 18.7 Å². The average molecular weight is 367 g/mol. The number of nitrogens with two attached hydrogens (primary N) is 2. The number of anilines is 2. The highest BCUT2D eigenvalue weighted by Gasteiger charge is 2.24. The van der Waals surface area contributed by atoms with Crippen LogP contribution in [0.4, 0.5) is 15.8 Å². The molecule has 134 valence electrons. The molecule has 0 saturated heterocycles. The first-order valence-corrected chi connectivity index (χ1v) is 7.92. The van der Waals surface area contributed by atoms with Gasteiger partial charge in [0.05, 0.1) is 11.3 Å². The molecule has 0 unspecified atom stereocenters. The average Bonchev–Trinajstić information content (AvgIpc) is 2.45. The Morgan fingerprint density at radius 3 is 2.36 bits per heavy atom. The number of carbonyl (C=O) groups is 1. The third kappa shape index (κ3) is 4.33. The van der Waals surface area contributed by atoms with E-state index in [1.165, 1.54) is 24.3 Å². The molecule has 2 aromatic carbocycles. The van der Waals surface area contributed by atoms with Crippen molar-refractivity contribution >= 4 is 28.9 Å². The van der Waals surface area contributed by atoms with Gasteiger partial charge in [0.25, 0.3) is 0 Å². The molecule has 2 rings (SSSR count). The van der Waals surface area contributed by atoms with Crippen molar-refractivity contribution in [3.05, 3.63) is 46.2 Å². The van der Waals surface area contributed by atoms with E-state index in [1.54, 1.807) is 27.7 Å². The molecule has 4 N–H and O–H groups in total. The number of rotatable bonds is 3. The molecule has 0 aliphatic rings. The highest BCUT2D eigenvalue weighted by atomic mass is 35.5. The van der Waals surface area contributed by atoms with Gasteiger partial charge >= 0.3 is 5.97 Å². The fraction of sp³-hybridized carbons (Fsp3) is 0.278. The highest BCUT2D eigenvalue weighted by Crippen LogP contribution is 2.35. The van der Waals surface area contributed by atoms with Crippen molar-refractivity contribution in [1.82, 2.24) is 0 Å². The number of esters is 1. The van der Waals surface area contributed by atoms with E-state index in [0.29, 0.717) is 5.56 Å². The monoisotopic (exact) mass is 366 g/mol. The van der Waals surface area contributed by atoms with Gasteiger partial charge in [-0.1, -0.05) is 11.6 Å². The van der Waals surface area contributed by atoms with E-state index in [1.807, 2.05) is 0 Å². The molecule has 0 bridgehead atoms. The quantitative estimate of drug-likeness (QED) is 0.607. The number of ether oxygens (including phenoxy) is 2. The molecule has 0 atom stereocenters. The fourth-order valence-corrected chi connectivity index (χ4v) is 2.42. The first-order chi connectivity index (χ1) is 11.5. The zero-order chi connectivity index (χ0) is 18.9. The Morgan fingerprint density at radius 1 is 1.12 bits per heavy atom. The predicted octanol–water partition coefficient (Wildman–Crippen LogP) is 4.70. The summed E-state index contributed by atoms with van der Waals surface area (Å²) < 4.78 is 25.1. The standard InChI is InChI=1S/C18H20ClFN2O3/c1-9-13(24-14-8-10(19)7-12(22)16(14)20)6-5-11(21)15(9)17(23)25-18(2,3)4/h5-8H,21-22H2,1-4H3. The van der Waals surface area contributed by atoms with E-state index in [0.717, 1.165) is 0 Å². The maximum Gasteiger partial charge on any atom is 0.341 e. The summed E-state index contributed by atoms with van der Waals surface area (Å²) in [6, 6.07) is 5.62. The third-order valence-electron chi connectivity index (χ3n) is 3.30. The maximum absolute atomic E-state index is 14.1. The molecule has 5 nitrogen and oxygen atoms in total. The van der Waals surface area contributed by atoms with Gasteiger partial charge < -0.3 is 20.9 Å². The van der Waals surface area contributed by atoms with Gasteiger partial charge in [-0.2, -0.15) is 0 Å². The minimum Gasteiger partial charge on any atom is -0.456 e. The van der Waals surface area contributed by atoms with Crippen molar-refractivity contribution in [1.29, 1.82) is 0 Å². The van der Waals surface area contributed by atoms with Gasteiger partial charge in [0.2, 0.25) is 0 Å². The summed E-state index contributed by atoms with van der Waals surface area (Å²) in [6.45, 7) is 6.89. The van der Waals surface area contributed by atoms with E-state index in [9.17, 15) is 9.18 Å². The second-order valence-corrected chi connectivity index (χ2v) is 7.00. The van der Waals surface area contributed by atoms with Crippen molar-refractivity contribution in [2.75, 3.05) is 11.5 Å². The lowest BCUT2D eigenvalue weighted by Crippen LogP contribution is -2.25. The first-order valence-electron chi connectivity index (χ1n) is 7.54. The smallest absolute Gasteiger partial charge is 0.341 e. The van der Waals surface area contributed by atoms with Gasteiger partial charge in [-0.05, 0) is 45.9 Å². The number of hydrogen-bond donors (Lipinski definition) is 2. The van der Waals surface area contributed by atoms with Crippen molar-refractivity contribution in [3.63, 3.8) is 0 Å². The Bertz CT molecular complexity index is 832. The van der Waals surface area contributed by atoms with Gasteiger partial charge in [0, 0.05) is 22.3 Å². The molecule has 0 heterocycles. The number of carbonyl (C=O) groups excluding carboxylic acids is 1. The molecule has 0 spiro atoms. The molecule has 0 aliphatic heterocycles. The van der Waals surface area contributed by atoms with E-state index < -0.39 is 17.4 Å². The Balaban J connectivity index is 2.45. The number of benzene rings is 2.